The molecule has 1 aliphatic heterocycles. The smallest absolute Gasteiger partial charge is 0.158 e. The first-order valence-electron chi connectivity index (χ1n) is 4.46. The van der Waals surface area contributed by atoms with Crippen molar-refractivity contribution in [3.8, 4) is 0 Å². The average molecular weight is 361 g/mol. The molecular weight excluding hydrogens is 347 g/mol. The molecule has 0 radical (unpaired) electrons. The predicted molar refractivity (Wildman–Crippen MR) is 65.4 cm³/mol. The van der Waals surface area contributed by atoms with Crippen molar-refractivity contribution in [2.75, 3.05) is 18.5 Å². The van der Waals surface area contributed by atoms with Gasteiger partial charge < -0.3 is 9.47 Å². The maximum atomic E-state index is 5.58. The van der Waals surface area contributed by atoms with Crippen LogP contribution in [0.15, 0.2) is 9.66 Å². The Bertz CT molecular complexity index is 167. The van der Waals surface area contributed by atoms with E-state index in [1.165, 1.54) is 16.4 Å². The van der Waals surface area contributed by atoms with Gasteiger partial charge in [0.1, 0.15) is 0 Å². The summed E-state index contributed by atoms with van der Waals surface area (Å²) >= 11 is 5.64. The Labute approximate surface area is 101 Å². The van der Waals surface area contributed by atoms with Gasteiger partial charge in [-0.05, 0) is 41.9 Å². The third-order valence-corrected chi connectivity index (χ3v) is 2.92. The van der Waals surface area contributed by atoms with Gasteiger partial charge in [-0.25, -0.2) is 0 Å². The van der Waals surface area contributed by atoms with Gasteiger partial charge in [0.05, 0.1) is 6.61 Å². The molecule has 4 heteroatoms. The third kappa shape index (κ3) is 5.34. The largest absolute Gasteiger partial charge is 0.353 e. The molecule has 1 fully saturated rings. The van der Waals surface area contributed by atoms with Crippen LogP contribution in [0.3, 0.4) is 0 Å². The van der Waals surface area contributed by atoms with Crippen LogP contribution < -0.4 is 0 Å². The number of ether oxygens (including phenoxy) is 2. The lowest BCUT2D eigenvalue weighted by Crippen LogP contribution is -2.22. The van der Waals surface area contributed by atoms with Gasteiger partial charge in [-0.1, -0.05) is 22.0 Å². The van der Waals surface area contributed by atoms with E-state index in [0.29, 0.717) is 6.61 Å². The molecule has 1 rings (SSSR count). The van der Waals surface area contributed by atoms with Crippen molar-refractivity contribution < 1.29 is 9.47 Å². The summed E-state index contributed by atoms with van der Waals surface area (Å²) < 4.78 is 12.2. The van der Waals surface area contributed by atoms with E-state index >= 15 is 0 Å². The molecule has 2 nitrogen and oxygen atoms in total. The minimum Gasteiger partial charge on any atom is -0.353 e. The second kappa shape index (κ2) is 7.20. The van der Waals surface area contributed by atoms with Crippen LogP contribution in [0.1, 0.15) is 19.3 Å². The fraction of sp³-hybridized carbons (Fsp3) is 0.778. The topological polar surface area (TPSA) is 18.5 Å². The molecule has 1 saturated heterocycles. The van der Waals surface area contributed by atoms with Crippen LogP contribution in [0.4, 0.5) is 0 Å². The molecule has 0 aliphatic carbocycles. The molecule has 1 unspecified atom stereocenters. The molecule has 0 amide bonds. The third-order valence-electron chi connectivity index (χ3n) is 1.84. The van der Waals surface area contributed by atoms with Crippen LogP contribution in [0.25, 0.3) is 0 Å². The first-order valence-corrected chi connectivity index (χ1v) is 6.66. The predicted octanol–water partition coefficient (Wildman–Crippen LogP) is 3.24. The van der Waals surface area contributed by atoms with Crippen LogP contribution in [-0.4, -0.2) is 24.8 Å². The molecule has 0 spiro atoms. The van der Waals surface area contributed by atoms with Gasteiger partial charge in [0, 0.05) is 15.5 Å². The quantitative estimate of drug-likeness (QED) is 0.566. The lowest BCUT2D eigenvalue weighted by Gasteiger charge is -2.22. The van der Waals surface area contributed by atoms with Crippen LogP contribution in [0, 0.1) is 0 Å². The van der Waals surface area contributed by atoms with Crippen molar-refractivity contribution >= 4 is 38.5 Å². The van der Waals surface area contributed by atoms with E-state index < -0.39 is 0 Å². The maximum absolute atomic E-state index is 5.58. The maximum Gasteiger partial charge on any atom is 0.158 e. The summed E-state index contributed by atoms with van der Waals surface area (Å²) in [5.74, 6) is 0. The molecule has 0 saturated carbocycles. The molecule has 0 N–H and O–H groups in total. The summed E-state index contributed by atoms with van der Waals surface area (Å²) in [5, 5.41) is 0.889. The van der Waals surface area contributed by atoms with Gasteiger partial charge in [0.15, 0.2) is 6.29 Å². The molecular formula is C9H14BrIO2. The number of halogens is 2. The normalized spacial score (nSPS) is 24.8. The summed E-state index contributed by atoms with van der Waals surface area (Å²) in [6, 6.07) is 0. The molecule has 76 valence electrons. The molecule has 13 heavy (non-hydrogen) atoms. The lowest BCUT2D eigenvalue weighted by molar-refractivity contribution is -0.155. The van der Waals surface area contributed by atoms with E-state index in [2.05, 4.69) is 44.6 Å². The zero-order valence-corrected chi connectivity index (χ0v) is 11.2. The van der Waals surface area contributed by atoms with Gasteiger partial charge in [-0.2, -0.15) is 0 Å². The molecule has 0 aromatic heterocycles. The number of alkyl halides is 1. The zero-order chi connectivity index (χ0) is 9.52. The second-order valence-corrected chi connectivity index (χ2v) is 4.95. The van der Waals surface area contributed by atoms with E-state index in [1.807, 2.05) is 0 Å². The standard InChI is InChI=1S/C9H14BrIO2/c10-5-4-8(11)7-13-9-3-1-2-6-12-9/h4,9H,1-3,5-7H2/b8-4-. The van der Waals surface area contributed by atoms with E-state index in [-0.39, 0.29) is 6.29 Å². The second-order valence-electron chi connectivity index (χ2n) is 2.91. The van der Waals surface area contributed by atoms with Gasteiger partial charge in [-0.15, -0.1) is 0 Å². The Balaban J connectivity index is 2.13. The monoisotopic (exact) mass is 360 g/mol. The number of rotatable bonds is 4. The minimum absolute atomic E-state index is 0.0299. The molecule has 0 aromatic carbocycles. The zero-order valence-electron chi connectivity index (χ0n) is 7.47. The first-order chi connectivity index (χ1) is 6.33. The Morgan fingerprint density at radius 1 is 1.62 bits per heavy atom. The average Bonchev–Trinajstić information content (AvgIpc) is 2.17. The van der Waals surface area contributed by atoms with E-state index in [1.54, 1.807) is 0 Å². The van der Waals surface area contributed by atoms with E-state index in [4.69, 9.17) is 9.47 Å². The Morgan fingerprint density at radius 2 is 2.46 bits per heavy atom. The highest BCUT2D eigenvalue weighted by atomic mass is 127. The number of hydrogen-bond acceptors (Lipinski definition) is 2. The summed E-state index contributed by atoms with van der Waals surface area (Å²) in [6.07, 6.45) is 5.57. The van der Waals surface area contributed by atoms with Crippen molar-refractivity contribution in [1.29, 1.82) is 0 Å². The minimum atomic E-state index is 0.0299. The Morgan fingerprint density at radius 3 is 3.08 bits per heavy atom. The fourth-order valence-electron chi connectivity index (χ4n) is 1.16. The molecule has 1 atom stereocenters. The van der Waals surface area contributed by atoms with Gasteiger partial charge in [-0.3, -0.25) is 0 Å². The molecule has 0 aromatic rings. The van der Waals surface area contributed by atoms with Gasteiger partial charge >= 0.3 is 0 Å². The van der Waals surface area contributed by atoms with Gasteiger partial charge in [0.25, 0.3) is 0 Å². The highest BCUT2D eigenvalue weighted by Crippen LogP contribution is 2.16. The summed E-state index contributed by atoms with van der Waals surface area (Å²) in [7, 11) is 0. The summed E-state index contributed by atoms with van der Waals surface area (Å²) in [6.45, 7) is 1.53. The lowest BCUT2D eigenvalue weighted by atomic mass is 10.2. The Kier molecular flexibility index (Phi) is 6.61. The van der Waals surface area contributed by atoms with E-state index in [0.717, 1.165) is 18.4 Å². The van der Waals surface area contributed by atoms with Crippen LogP contribution in [0.2, 0.25) is 0 Å². The van der Waals surface area contributed by atoms with Crippen molar-refractivity contribution in [1.82, 2.24) is 0 Å². The van der Waals surface area contributed by atoms with Crippen molar-refractivity contribution in [3.63, 3.8) is 0 Å². The molecule has 0 bridgehead atoms. The first kappa shape index (κ1) is 11.9. The van der Waals surface area contributed by atoms with Gasteiger partial charge in [0.2, 0.25) is 0 Å². The van der Waals surface area contributed by atoms with Crippen molar-refractivity contribution in [2.45, 2.75) is 25.6 Å². The highest BCUT2D eigenvalue weighted by molar-refractivity contribution is 14.1. The van der Waals surface area contributed by atoms with Crippen LogP contribution >= 0.6 is 38.5 Å². The van der Waals surface area contributed by atoms with Crippen LogP contribution in [0.5, 0.6) is 0 Å². The highest BCUT2D eigenvalue weighted by Gasteiger charge is 2.13. The van der Waals surface area contributed by atoms with E-state index in [9.17, 15) is 0 Å². The summed E-state index contributed by atoms with van der Waals surface area (Å²) in [4.78, 5) is 0. The number of allylic oxidation sites excluding steroid dienone is 1. The summed E-state index contributed by atoms with van der Waals surface area (Å²) in [5.41, 5.74) is 0. The molecule has 1 heterocycles. The Hall–Kier alpha value is 0.870. The number of hydrogen-bond donors (Lipinski definition) is 0. The van der Waals surface area contributed by atoms with Crippen molar-refractivity contribution in [3.05, 3.63) is 9.66 Å². The van der Waals surface area contributed by atoms with Crippen molar-refractivity contribution in [2.24, 2.45) is 0 Å². The van der Waals surface area contributed by atoms with Crippen LogP contribution in [-0.2, 0) is 9.47 Å². The SMILES string of the molecule is BrC/C=C(\I)COC1CCCCO1. The molecule has 1 aliphatic rings. The fourth-order valence-corrected chi connectivity index (χ4v) is 2.55.